The van der Waals surface area contributed by atoms with Crippen LogP contribution in [0.1, 0.15) is 86.8 Å². The number of aliphatic carboxylic acids is 1. The molecule has 1 amide bonds. The van der Waals surface area contributed by atoms with Gasteiger partial charge >= 0.3 is 5.97 Å². The smallest absolute Gasteiger partial charge is 0.337 e. The Morgan fingerprint density at radius 3 is 2.19 bits per heavy atom. The molecule has 2 aliphatic rings. The zero-order valence-corrected chi connectivity index (χ0v) is 25.4. The molecule has 1 saturated carbocycles. The summed E-state index contributed by atoms with van der Waals surface area (Å²) in [6.45, 7) is 11.7. The van der Waals surface area contributed by atoms with E-state index in [0.29, 0.717) is 16.8 Å². The van der Waals surface area contributed by atoms with E-state index in [2.05, 4.69) is 5.32 Å². The lowest BCUT2D eigenvalue weighted by atomic mass is 9.76. The molecule has 0 unspecified atom stereocenters. The third kappa shape index (κ3) is 5.54. The first-order valence-corrected chi connectivity index (χ1v) is 14.8. The third-order valence-corrected chi connectivity index (χ3v) is 8.56. The molecular weight excluding hydrogens is 531 g/mol. The van der Waals surface area contributed by atoms with Crippen molar-refractivity contribution in [2.75, 3.05) is 10.2 Å². The molecule has 42 heavy (non-hydrogen) atoms. The molecular formula is C35H41FN2O4. The van der Waals surface area contributed by atoms with Gasteiger partial charge in [-0.25, -0.2) is 9.18 Å². The standard InChI is InChI=1S/C35H41FN2O4/c1-21-10-14-25(15-11-21)27-22(2)29-30(23(3)28(27)31(32(39)40)42-34(4,5)6)38(20-24-12-16-26(36)17-13-24)33(41)35(37-29)18-8-7-9-19-35/h10-17,31,37H,7-9,18-20H2,1-6H3,(H,39,40)/t31-/m0/s1. The number of carboxylic acid groups (broad SMARTS) is 1. The van der Waals surface area contributed by atoms with Gasteiger partial charge in [-0.3, -0.25) is 4.79 Å². The van der Waals surface area contributed by atoms with Gasteiger partial charge < -0.3 is 20.1 Å². The van der Waals surface area contributed by atoms with Crippen molar-refractivity contribution in [3.05, 3.63) is 82.2 Å². The second-order valence-electron chi connectivity index (χ2n) is 12.9. The van der Waals surface area contributed by atoms with Crippen molar-refractivity contribution in [3.8, 4) is 11.1 Å². The number of carbonyl (C=O) groups is 2. The zero-order valence-electron chi connectivity index (χ0n) is 25.4. The molecule has 5 rings (SSSR count). The minimum absolute atomic E-state index is 0.0285. The summed E-state index contributed by atoms with van der Waals surface area (Å²) in [5, 5.41) is 14.3. The zero-order chi connectivity index (χ0) is 30.4. The van der Waals surface area contributed by atoms with Crippen LogP contribution in [0.3, 0.4) is 0 Å². The Balaban J connectivity index is 1.82. The van der Waals surface area contributed by atoms with E-state index >= 15 is 0 Å². The molecule has 1 aliphatic heterocycles. The summed E-state index contributed by atoms with van der Waals surface area (Å²) in [5.41, 5.74) is 5.70. The number of nitrogens with zero attached hydrogens (tertiary/aromatic N) is 1. The summed E-state index contributed by atoms with van der Waals surface area (Å²) in [4.78, 5) is 29.2. The first-order chi connectivity index (χ1) is 19.8. The number of rotatable bonds is 6. The quantitative estimate of drug-likeness (QED) is 0.313. The number of carbonyl (C=O) groups excluding carboxylic acids is 1. The van der Waals surface area contributed by atoms with Crippen LogP contribution in [0.25, 0.3) is 11.1 Å². The van der Waals surface area contributed by atoms with Crippen LogP contribution >= 0.6 is 0 Å². The predicted molar refractivity (Wildman–Crippen MR) is 164 cm³/mol. The average Bonchev–Trinajstić information content (AvgIpc) is 2.93. The molecule has 0 radical (unpaired) electrons. The van der Waals surface area contributed by atoms with Gasteiger partial charge in [0.05, 0.1) is 23.5 Å². The summed E-state index contributed by atoms with van der Waals surface area (Å²) in [7, 11) is 0. The molecule has 222 valence electrons. The number of benzene rings is 3. The number of ether oxygens (including phenoxy) is 1. The number of fused-ring (bicyclic) bond motifs is 1. The van der Waals surface area contributed by atoms with Gasteiger partial charge in [0.25, 0.3) is 5.91 Å². The van der Waals surface area contributed by atoms with Crippen LogP contribution in [0.4, 0.5) is 15.8 Å². The number of anilines is 2. The molecule has 1 aliphatic carbocycles. The van der Waals surface area contributed by atoms with E-state index in [1.54, 1.807) is 17.0 Å². The number of hydrogen-bond donors (Lipinski definition) is 2. The molecule has 0 saturated heterocycles. The highest BCUT2D eigenvalue weighted by molar-refractivity contribution is 6.10. The molecule has 1 atom stereocenters. The van der Waals surface area contributed by atoms with E-state index in [1.807, 2.05) is 65.8 Å². The number of carboxylic acids is 1. The second-order valence-corrected chi connectivity index (χ2v) is 12.9. The fourth-order valence-electron chi connectivity index (χ4n) is 6.57. The lowest BCUT2D eigenvalue weighted by Gasteiger charge is -2.48. The normalized spacial score (nSPS) is 17.1. The minimum Gasteiger partial charge on any atom is -0.479 e. The van der Waals surface area contributed by atoms with Gasteiger partial charge in [0.2, 0.25) is 0 Å². The lowest BCUT2D eigenvalue weighted by molar-refractivity contribution is -0.160. The first-order valence-electron chi connectivity index (χ1n) is 14.8. The fourth-order valence-corrected chi connectivity index (χ4v) is 6.57. The summed E-state index contributed by atoms with van der Waals surface area (Å²) in [5.74, 6) is -1.46. The number of amides is 1. The average molecular weight is 573 g/mol. The third-order valence-electron chi connectivity index (χ3n) is 8.56. The summed E-state index contributed by atoms with van der Waals surface area (Å²) < 4.78 is 20.0. The predicted octanol–water partition coefficient (Wildman–Crippen LogP) is 8.02. The maximum absolute atomic E-state index is 14.5. The minimum atomic E-state index is -1.27. The van der Waals surface area contributed by atoms with E-state index in [4.69, 9.17) is 4.74 Å². The van der Waals surface area contributed by atoms with E-state index < -0.39 is 23.2 Å². The maximum Gasteiger partial charge on any atom is 0.337 e. The molecule has 1 fully saturated rings. The number of nitrogens with one attached hydrogen (secondary N) is 1. The molecule has 1 heterocycles. The molecule has 3 aromatic rings. The molecule has 0 aromatic heterocycles. The second kappa shape index (κ2) is 11.2. The van der Waals surface area contributed by atoms with Gasteiger partial charge in [-0.2, -0.15) is 0 Å². The Hall–Kier alpha value is -3.71. The van der Waals surface area contributed by atoms with Crippen molar-refractivity contribution in [1.29, 1.82) is 0 Å². The Morgan fingerprint density at radius 2 is 1.62 bits per heavy atom. The van der Waals surface area contributed by atoms with E-state index in [1.165, 1.54) is 12.1 Å². The topological polar surface area (TPSA) is 78.9 Å². The Morgan fingerprint density at radius 1 is 1.00 bits per heavy atom. The van der Waals surface area contributed by atoms with Crippen LogP contribution in [-0.4, -0.2) is 28.1 Å². The Labute approximate surface area is 247 Å². The SMILES string of the molecule is Cc1ccc(-c2c(C)c3c(c(C)c2[C@H](OC(C)(C)C)C(=O)O)N(Cc2ccc(F)cc2)C(=O)C2(CCCCC2)N3)cc1. The highest BCUT2D eigenvalue weighted by Crippen LogP contribution is 2.51. The van der Waals surface area contributed by atoms with Crippen LogP contribution in [0.2, 0.25) is 0 Å². The molecule has 0 bridgehead atoms. The van der Waals surface area contributed by atoms with Gasteiger partial charge in [0.15, 0.2) is 6.10 Å². The maximum atomic E-state index is 14.5. The highest BCUT2D eigenvalue weighted by Gasteiger charge is 2.48. The van der Waals surface area contributed by atoms with Crippen LogP contribution in [0, 0.1) is 26.6 Å². The van der Waals surface area contributed by atoms with Gasteiger partial charge in [-0.1, -0.05) is 61.2 Å². The molecule has 7 heteroatoms. The van der Waals surface area contributed by atoms with Crippen molar-refractivity contribution < 1.29 is 23.8 Å². The van der Waals surface area contributed by atoms with Crippen molar-refractivity contribution in [3.63, 3.8) is 0 Å². The highest BCUT2D eigenvalue weighted by atomic mass is 19.1. The molecule has 3 aromatic carbocycles. The van der Waals surface area contributed by atoms with Crippen molar-refractivity contribution in [2.45, 2.75) is 97.4 Å². The number of halogens is 1. The monoisotopic (exact) mass is 572 g/mol. The summed E-state index contributed by atoms with van der Waals surface area (Å²) >= 11 is 0. The van der Waals surface area contributed by atoms with Crippen molar-refractivity contribution >= 4 is 23.3 Å². The first kappa shape index (κ1) is 29.8. The van der Waals surface area contributed by atoms with Gasteiger partial charge in [-0.05, 0) is 94.3 Å². The number of aryl methyl sites for hydroxylation is 1. The van der Waals surface area contributed by atoms with Crippen molar-refractivity contribution in [2.24, 2.45) is 0 Å². The van der Waals surface area contributed by atoms with Crippen LogP contribution < -0.4 is 10.2 Å². The largest absolute Gasteiger partial charge is 0.479 e. The van der Waals surface area contributed by atoms with Gasteiger partial charge in [-0.15, -0.1) is 0 Å². The van der Waals surface area contributed by atoms with Crippen LogP contribution in [0.15, 0.2) is 48.5 Å². The van der Waals surface area contributed by atoms with E-state index in [-0.39, 0.29) is 18.3 Å². The van der Waals surface area contributed by atoms with Gasteiger partial charge in [0.1, 0.15) is 11.4 Å². The number of hydrogen-bond acceptors (Lipinski definition) is 4. The van der Waals surface area contributed by atoms with E-state index in [0.717, 1.165) is 65.6 Å². The summed E-state index contributed by atoms with van der Waals surface area (Å²) in [6.07, 6.45) is 3.14. The Kier molecular flexibility index (Phi) is 7.92. The molecule has 6 nitrogen and oxygen atoms in total. The fraction of sp³-hybridized carbons (Fsp3) is 0.429. The van der Waals surface area contributed by atoms with E-state index in [9.17, 15) is 19.1 Å². The van der Waals surface area contributed by atoms with Crippen LogP contribution in [-0.2, 0) is 20.9 Å². The summed E-state index contributed by atoms with van der Waals surface area (Å²) in [6, 6.07) is 14.3. The van der Waals surface area contributed by atoms with Crippen LogP contribution in [0.5, 0.6) is 0 Å². The van der Waals surface area contributed by atoms with Crippen molar-refractivity contribution in [1.82, 2.24) is 0 Å². The lowest BCUT2D eigenvalue weighted by Crippen LogP contribution is -2.58. The Bertz CT molecular complexity index is 1500. The molecule has 1 spiro atoms. The molecule has 2 N–H and O–H groups in total. The van der Waals surface area contributed by atoms with Gasteiger partial charge in [0, 0.05) is 5.56 Å².